The van der Waals surface area contributed by atoms with Crippen LogP contribution in [0.25, 0.3) is 22.4 Å². The normalized spacial score (nSPS) is 15.7. The fourth-order valence-corrected chi connectivity index (χ4v) is 3.38. The first-order valence-electron chi connectivity index (χ1n) is 7.41. The maximum atomic E-state index is 10.8. The molecule has 2 heterocycles. The molecule has 0 bridgehead atoms. The second-order valence-electron chi connectivity index (χ2n) is 5.54. The quantitative estimate of drug-likeness (QED) is 0.558. The monoisotopic (exact) mass is 377 g/mol. The Balaban J connectivity index is 1.94. The standard InChI is InChI=1S/C16H12ClN3O4S/c17-12-7-6-11-13(19-24-25(21,22)23)8-9-20-15(11)14(12)18-16(20)10-4-2-1-3-5-10/h1-7H,8-9H2,(H,21,22,23)/b19-13+. The molecular weight excluding hydrogens is 366 g/mol. The van der Waals surface area contributed by atoms with Crippen LogP contribution in [0.5, 0.6) is 0 Å². The Hall–Kier alpha value is -2.42. The second-order valence-corrected chi connectivity index (χ2v) is 6.95. The van der Waals surface area contributed by atoms with Gasteiger partial charge in [-0.1, -0.05) is 47.1 Å². The average molecular weight is 378 g/mol. The van der Waals surface area contributed by atoms with Crippen molar-refractivity contribution in [2.45, 2.75) is 13.0 Å². The predicted molar refractivity (Wildman–Crippen MR) is 94.0 cm³/mol. The molecule has 1 aromatic heterocycles. The van der Waals surface area contributed by atoms with Gasteiger partial charge in [0.1, 0.15) is 11.3 Å². The molecule has 0 unspecified atom stereocenters. The van der Waals surface area contributed by atoms with Crippen molar-refractivity contribution in [3.8, 4) is 11.4 Å². The van der Waals surface area contributed by atoms with E-state index in [1.165, 1.54) is 0 Å². The third-order valence-corrected chi connectivity index (χ3v) is 4.57. The number of nitrogens with zero attached hydrogens (tertiary/aromatic N) is 3. The zero-order chi connectivity index (χ0) is 17.6. The van der Waals surface area contributed by atoms with E-state index in [0.717, 1.165) is 16.9 Å². The number of aryl methyl sites for hydroxylation is 1. The summed E-state index contributed by atoms with van der Waals surface area (Å²) in [7, 11) is -4.65. The summed E-state index contributed by atoms with van der Waals surface area (Å²) < 4.78 is 36.5. The van der Waals surface area contributed by atoms with Gasteiger partial charge in [0, 0.05) is 24.1 Å². The minimum absolute atomic E-state index is 0.409. The zero-order valence-corrected chi connectivity index (χ0v) is 14.3. The molecule has 0 radical (unpaired) electrons. The smallest absolute Gasteiger partial charge is 0.323 e. The van der Waals surface area contributed by atoms with Crippen molar-refractivity contribution in [3.05, 3.63) is 53.1 Å². The van der Waals surface area contributed by atoms with Crippen LogP contribution in [0, 0.1) is 0 Å². The van der Waals surface area contributed by atoms with Gasteiger partial charge in [-0.15, -0.1) is 0 Å². The predicted octanol–water partition coefficient (Wildman–Crippen LogP) is 3.28. The molecular formula is C16H12ClN3O4S. The minimum Gasteiger partial charge on any atom is -0.323 e. The van der Waals surface area contributed by atoms with E-state index in [2.05, 4.69) is 14.4 Å². The number of hydrogen-bond acceptors (Lipinski definition) is 5. The molecule has 1 aliphatic heterocycles. The number of imidazole rings is 1. The van der Waals surface area contributed by atoms with Crippen molar-refractivity contribution < 1.29 is 17.3 Å². The van der Waals surface area contributed by atoms with Gasteiger partial charge in [-0.3, -0.25) is 4.55 Å². The summed E-state index contributed by atoms with van der Waals surface area (Å²) in [4.78, 5) is 4.67. The third kappa shape index (κ3) is 2.88. The topological polar surface area (TPSA) is 93.8 Å². The van der Waals surface area contributed by atoms with Crippen molar-refractivity contribution >= 4 is 38.7 Å². The first-order valence-corrected chi connectivity index (χ1v) is 9.16. The fraction of sp³-hybridized carbons (Fsp3) is 0.125. The summed E-state index contributed by atoms with van der Waals surface area (Å²) >= 11 is 6.30. The van der Waals surface area contributed by atoms with Gasteiger partial charge in [0.05, 0.1) is 16.3 Å². The fourth-order valence-electron chi connectivity index (χ4n) is 3.00. The first kappa shape index (κ1) is 16.1. The maximum Gasteiger partial charge on any atom is 0.466 e. The van der Waals surface area contributed by atoms with Gasteiger partial charge in [-0.05, 0) is 12.1 Å². The molecule has 0 aliphatic carbocycles. The Kier molecular flexibility index (Phi) is 3.75. The molecule has 0 saturated heterocycles. The molecule has 1 aliphatic rings. The molecule has 25 heavy (non-hydrogen) atoms. The summed E-state index contributed by atoms with van der Waals surface area (Å²) in [5, 5.41) is 4.08. The highest BCUT2D eigenvalue weighted by Gasteiger charge is 2.25. The molecule has 128 valence electrons. The van der Waals surface area contributed by atoms with Crippen LogP contribution < -0.4 is 0 Å². The van der Waals surface area contributed by atoms with Crippen molar-refractivity contribution in [2.24, 2.45) is 5.16 Å². The highest BCUT2D eigenvalue weighted by atomic mass is 35.5. The van der Waals surface area contributed by atoms with Gasteiger partial charge in [0.2, 0.25) is 0 Å². The second kappa shape index (κ2) is 5.83. The van der Waals surface area contributed by atoms with E-state index < -0.39 is 10.4 Å². The average Bonchev–Trinajstić information content (AvgIpc) is 2.98. The molecule has 4 rings (SSSR count). The van der Waals surface area contributed by atoms with Gasteiger partial charge < -0.3 is 4.57 Å². The molecule has 2 aromatic carbocycles. The van der Waals surface area contributed by atoms with Crippen LogP contribution in [-0.4, -0.2) is 28.2 Å². The zero-order valence-electron chi connectivity index (χ0n) is 12.8. The number of halogens is 1. The molecule has 0 saturated carbocycles. The Labute approximate surface area is 148 Å². The molecule has 1 N–H and O–H groups in total. The number of oxime groups is 1. The molecule has 0 fully saturated rings. The summed E-state index contributed by atoms with van der Waals surface area (Å²) in [6, 6.07) is 13.1. The van der Waals surface area contributed by atoms with Crippen LogP contribution in [0.2, 0.25) is 5.02 Å². The molecule has 0 atom stereocenters. The van der Waals surface area contributed by atoms with Crippen molar-refractivity contribution in [2.75, 3.05) is 0 Å². The van der Waals surface area contributed by atoms with Crippen molar-refractivity contribution in [1.29, 1.82) is 0 Å². The summed E-state index contributed by atoms with van der Waals surface area (Å²) in [5.41, 5.74) is 3.40. The summed E-state index contributed by atoms with van der Waals surface area (Å²) in [6.45, 7) is 0.530. The molecule has 9 heteroatoms. The van der Waals surface area contributed by atoms with Gasteiger partial charge in [-0.2, -0.15) is 8.42 Å². The van der Waals surface area contributed by atoms with Crippen LogP contribution in [0.1, 0.15) is 12.0 Å². The van der Waals surface area contributed by atoms with E-state index in [9.17, 15) is 8.42 Å². The summed E-state index contributed by atoms with van der Waals surface area (Å²) in [5.74, 6) is 0.777. The van der Waals surface area contributed by atoms with Crippen LogP contribution in [0.15, 0.2) is 47.6 Å². The lowest BCUT2D eigenvalue weighted by Gasteiger charge is -2.18. The Morgan fingerprint density at radius 2 is 1.96 bits per heavy atom. The Morgan fingerprint density at radius 3 is 2.68 bits per heavy atom. The van der Waals surface area contributed by atoms with E-state index in [0.29, 0.717) is 34.8 Å². The SMILES string of the molecule is O=S(=O)(O)O/N=C1\CCn2c(-c3ccccc3)nc3c(Cl)ccc1c32. The van der Waals surface area contributed by atoms with E-state index in [-0.39, 0.29) is 0 Å². The van der Waals surface area contributed by atoms with E-state index in [1.807, 2.05) is 34.9 Å². The van der Waals surface area contributed by atoms with Crippen LogP contribution >= 0.6 is 11.6 Å². The molecule has 3 aromatic rings. The first-order chi connectivity index (χ1) is 11.9. The van der Waals surface area contributed by atoms with Gasteiger partial charge in [-0.25, -0.2) is 9.27 Å². The largest absolute Gasteiger partial charge is 0.466 e. The number of aromatic nitrogens is 2. The Morgan fingerprint density at radius 1 is 1.20 bits per heavy atom. The lowest BCUT2D eigenvalue weighted by atomic mass is 10.0. The highest BCUT2D eigenvalue weighted by Crippen LogP contribution is 2.35. The lowest BCUT2D eigenvalue weighted by Crippen LogP contribution is -2.17. The van der Waals surface area contributed by atoms with Crippen LogP contribution in [0.4, 0.5) is 0 Å². The highest BCUT2D eigenvalue weighted by molar-refractivity contribution is 7.80. The molecule has 0 amide bonds. The van der Waals surface area contributed by atoms with Crippen LogP contribution in [-0.2, 0) is 21.2 Å². The van der Waals surface area contributed by atoms with E-state index >= 15 is 0 Å². The van der Waals surface area contributed by atoms with Crippen molar-refractivity contribution in [1.82, 2.24) is 9.55 Å². The van der Waals surface area contributed by atoms with Gasteiger partial charge >= 0.3 is 10.4 Å². The van der Waals surface area contributed by atoms with Gasteiger partial charge in [0.15, 0.2) is 0 Å². The van der Waals surface area contributed by atoms with Crippen molar-refractivity contribution in [3.63, 3.8) is 0 Å². The van der Waals surface area contributed by atoms with E-state index in [4.69, 9.17) is 16.2 Å². The molecule has 0 spiro atoms. The Bertz CT molecular complexity index is 1110. The summed E-state index contributed by atoms with van der Waals surface area (Å²) in [6.07, 6.45) is 0.426. The number of hydrogen-bond donors (Lipinski definition) is 1. The third-order valence-electron chi connectivity index (χ3n) is 4.00. The van der Waals surface area contributed by atoms with E-state index in [1.54, 1.807) is 12.1 Å². The maximum absolute atomic E-state index is 10.8. The van der Waals surface area contributed by atoms with Crippen LogP contribution in [0.3, 0.4) is 0 Å². The van der Waals surface area contributed by atoms with Gasteiger partial charge in [0.25, 0.3) is 0 Å². The molecule has 7 nitrogen and oxygen atoms in total. The number of benzene rings is 2. The lowest BCUT2D eigenvalue weighted by molar-refractivity contribution is 0.281. The minimum atomic E-state index is -4.65. The number of rotatable bonds is 3.